The molecule has 134 valence electrons. The Morgan fingerprint density at radius 1 is 1.38 bits per heavy atom. The Morgan fingerprint density at radius 3 is 2.81 bits per heavy atom. The number of amides is 1. The van der Waals surface area contributed by atoms with Crippen molar-refractivity contribution in [2.24, 2.45) is 0 Å². The van der Waals surface area contributed by atoms with Crippen molar-refractivity contribution < 1.29 is 9.72 Å². The number of H-pyrrole nitrogens is 1. The molecule has 1 unspecified atom stereocenters. The molecule has 3 rings (SSSR count). The first-order valence-corrected chi connectivity index (χ1v) is 9.43. The fourth-order valence-corrected chi connectivity index (χ4v) is 3.56. The minimum atomic E-state index is -0.485. The monoisotopic (exact) mass is 389 g/mol. The molecular weight excluding hydrogens is 374 g/mol. The van der Waals surface area contributed by atoms with Crippen LogP contribution in [0.4, 0.5) is 11.4 Å². The van der Waals surface area contributed by atoms with Crippen LogP contribution >= 0.6 is 23.1 Å². The third-order valence-electron chi connectivity index (χ3n) is 3.43. The molecule has 1 aromatic carbocycles. The number of carbonyl (C=O) groups excluding carboxylic acids is 1. The van der Waals surface area contributed by atoms with Crippen molar-refractivity contribution in [3.05, 3.63) is 62.6 Å². The SMILES string of the molecule is CC(Sc1n[nH]c(Cc2cccs2)n1)C(=O)Nc1ccc([N+](=O)[O-])cc1. The Morgan fingerprint density at radius 2 is 2.15 bits per heavy atom. The number of nitrogens with one attached hydrogen (secondary N) is 2. The molecule has 3 aromatic rings. The number of thioether (sulfide) groups is 1. The van der Waals surface area contributed by atoms with Gasteiger partial charge >= 0.3 is 0 Å². The smallest absolute Gasteiger partial charge is 0.269 e. The first-order chi connectivity index (χ1) is 12.5. The number of nitro groups is 1. The van der Waals surface area contributed by atoms with Crippen molar-refractivity contribution in [1.29, 1.82) is 0 Å². The second kappa shape index (κ2) is 8.11. The number of thiophene rings is 1. The van der Waals surface area contributed by atoms with E-state index < -0.39 is 10.2 Å². The fraction of sp³-hybridized carbons (Fsp3) is 0.188. The van der Waals surface area contributed by atoms with Gasteiger partial charge in [-0.15, -0.1) is 16.4 Å². The summed E-state index contributed by atoms with van der Waals surface area (Å²) in [5, 5.41) is 22.5. The number of rotatable bonds is 7. The van der Waals surface area contributed by atoms with E-state index in [9.17, 15) is 14.9 Å². The van der Waals surface area contributed by atoms with Gasteiger partial charge < -0.3 is 5.32 Å². The van der Waals surface area contributed by atoms with Gasteiger partial charge in [0.05, 0.1) is 10.2 Å². The molecule has 0 saturated carbocycles. The predicted molar refractivity (Wildman–Crippen MR) is 101 cm³/mol. The number of benzene rings is 1. The number of hydrogen-bond acceptors (Lipinski definition) is 7. The number of anilines is 1. The predicted octanol–water partition coefficient (Wildman–Crippen LogP) is 3.48. The summed E-state index contributed by atoms with van der Waals surface area (Å²) in [4.78, 5) is 28.0. The maximum absolute atomic E-state index is 12.3. The van der Waals surface area contributed by atoms with Crippen LogP contribution in [-0.4, -0.2) is 31.3 Å². The number of aromatic amines is 1. The lowest BCUT2D eigenvalue weighted by atomic mass is 10.3. The molecule has 0 aliphatic rings. The highest BCUT2D eigenvalue weighted by Gasteiger charge is 2.18. The summed E-state index contributed by atoms with van der Waals surface area (Å²) in [5.41, 5.74) is 0.478. The number of aromatic nitrogens is 3. The number of nitrogens with zero attached hydrogens (tertiary/aromatic N) is 3. The Bertz CT molecular complexity index is 893. The van der Waals surface area contributed by atoms with E-state index in [1.165, 1.54) is 40.9 Å². The van der Waals surface area contributed by atoms with Crippen LogP contribution in [0.3, 0.4) is 0 Å². The van der Waals surface area contributed by atoms with Gasteiger partial charge in [-0.25, -0.2) is 4.98 Å². The van der Waals surface area contributed by atoms with E-state index in [1.54, 1.807) is 18.3 Å². The zero-order valence-electron chi connectivity index (χ0n) is 13.7. The second-order valence-electron chi connectivity index (χ2n) is 5.37. The minimum Gasteiger partial charge on any atom is -0.325 e. The van der Waals surface area contributed by atoms with Crippen LogP contribution in [0.1, 0.15) is 17.6 Å². The van der Waals surface area contributed by atoms with E-state index in [-0.39, 0.29) is 11.6 Å². The lowest BCUT2D eigenvalue weighted by molar-refractivity contribution is -0.384. The average Bonchev–Trinajstić information content (AvgIpc) is 3.28. The van der Waals surface area contributed by atoms with Crippen LogP contribution < -0.4 is 5.32 Å². The summed E-state index contributed by atoms with van der Waals surface area (Å²) in [7, 11) is 0. The molecule has 2 N–H and O–H groups in total. The van der Waals surface area contributed by atoms with Crippen molar-refractivity contribution >= 4 is 40.4 Å². The normalized spacial score (nSPS) is 11.9. The molecule has 26 heavy (non-hydrogen) atoms. The van der Waals surface area contributed by atoms with Crippen LogP contribution in [0.25, 0.3) is 0 Å². The van der Waals surface area contributed by atoms with Gasteiger partial charge in [0.2, 0.25) is 11.1 Å². The summed E-state index contributed by atoms with van der Waals surface area (Å²) in [6, 6.07) is 9.70. The summed E-state index contributed by atoms with van der Waals surface area (Å²) in [6.07, 6.45) is 0.675. The molecule has 1 atom stereocenters. The van der Waals surface area contributed by atoms with E-state index in [0.29, 0.717) is 17.3 Å². The molecule has 1 amide bonds. The topological polar surface area (TPSA) is 114 Å². The molecule has 2 heterocycles. The maximum Gasteiger partial charge on any atom is 0.269 e. The van der Waals surface area contributed by atoms with E-state index >= 15 is 0 Å². The van der Waals surface area contributed by atoms with Crippen molar-refractivity contribution in [3.8, 4) is 0 Å². The van der Waals surface area contributed by atoms with Gasteiger partial charge in [0.1, 0.15) is 5.82 Å². The van der Waals surface area contributed by atoms with Crippen LogP contribution in [0.5, 0.6) is 0 Å². The summed E-state index contributed by atoms with van der Waals surface area (Å²) < 4.78 is 0. The molecule has 10 heteroatoms. The zero-order chi connectivity index (χ0) is 18.5. The molecule has 8 nitrogen and oxygen atoms in total. The zero-order valence-corrected chi connectivity index (χ0v) is 15.3. The molecule has 0 bridgehead atoms. The lowest BCUT2D eigenvalue weighted by Gasteiger charge is -2.09. The molecule has 0 spiro atoms. The molecule has 2 aromatic heterocycles. The van der Waals surface area contributed by atoms with Crippen molar-refractivity contribution in [1.82, 2.24) is 15.2 Å². The standard InChI is InChI=1S/C16H15N5O3S2/c1-10(15(22)17-11-4-6-12(7-5-11)21(23)24)26-16-18-14(19-20-16)9-13-3-2-8-25-13/h2-8,10H,9H2,1H3,(H,17,22)(H,18,19,20). The molecule has 0 aliphatic carbocycles. The van der Waals surface area contributed by atoms with Crippen LogP contribution in [0.15, 0.2) is 46.9 Å². The summed E-state index contributed by atoms with van der Waals surface area (Å²) >= 11 is 2.89. The molecule has 0 radical (unpaired) electrons. The maximum atomic E-state index is 12.3. The Hall–Kier alpha value is -2.72. The summed E-state index contributed by atoms with van der Waals surface area (Å²) in [5.74, 6) is 0.520. The van der Waals surface area contributed by atoms with E-state index in [1.807, 2.05) is 17.5 Å². The second-order valence-corrected chi connectivity index (χ2v) is 7.71. The van der Waals surface area contributed by atoms with Crippen LogP contribution in [0, 0.1) is 10.1 Å². The van der Waals surface area contributed by atoms with Gasteiger partial charge in [-0.2, -0.15) is 0 Å². The Labute approximate surface area is 157 Å². The molecule has 0 aliphatic heterocycles. The molecule has 0 saturated heterocycles. The first-order valence-electron chi connectivity index (χ1n) is 7.67. The third-order valence-corrected chi connectivity index (χ3v) is 5.27. The van der Waals surface area contributed by atoms with Crippen molar-refractivity contribution in [2.75, 3.05) is 5.32 Å². The average molecular weight is 389 g/mol. The highest BCUT2D eigenvalue weighted by atomic mass is 32.2. The van der Waals surface area contributed by atoms with Crippen molar-refractivity contribution in [2.45, 2.75) is 23.8 Å². The van der Waals surface area contributed by atoms with Gasteiger partial charge in [0.25, 0.3) is 5.69 Å². The number of hydrogen-bond donors (Lipinski definition) is 2. The van der Waals surface area contributed by atoms with Gasteiger partial charge in [0, 0.05) is 29.1 Å². The van der Waals surface area contributed by atoms with Gasteiger partial charge in [-0.3, -0.25) is 20.0 Å². The number of non-ortho nitro benzene ring substituents is 1. The highest BCUT2D eigenvalue weighted by molar-refractivity contribution is 8.00. The largest absolute Gasteiger partial charge is 0.325 e. The lowest BCUT2D eigenvalue weighted by Crippen LogP contribution is -2.22. The summed E-state index contributed by atoms with van der Waals surface area (Å²) in [6.45, 7) is 1.75. The van der Waals surface area contributed by atoms with Gasteiger partial charge in [0.15, 0.2) is 0 Å². The van der Waals surface area contributed by atoms with Crippen LogP contribution in [-0.2, 0) is 11.2 Å². The number of nitro benzene ring substituents is 1. The van der Waals surface area contributed by atoms with Gasteiger partial charge in [-0.05, 0) is 30.5 Å². The molecule has 0 fully saturated rings. The Kier molecular flexibility index (Phi) is 5.64. The van der Waals surface area contributed by atoms with E-state index in [2.05, 4.69) is 20.5 Å². The minimum absolute atomic E-state index is 0.0237. The van der Waals surface area contributed by atoms with E-state index in [4.69, 9.17) is 0 Å². The quantitative estimate of drug-likeness (QED) is 0.363. The Balaban J connectivity index is 1.55. The van der Waals surface area contributed by atoms with Gasteiger partial charge in [-0.1, -0.05) is 17.8 Å². The first kappa shape index (κ1) is 18.1. The number of carbonyl (C=O) groups is 1. The third kappa shape index (κ3) is 4.67. The fourth-order valence-electron chi connectivity index (χ4n) is 2.11. The molecular formula is C16H15N5O3S2. The van der Waals surface area contributed by atoms with E-state index in [0.717, 1.165) is 5.82 Å². The van der Waals surface area contributed by atoms with Crippen molar-refractivity contribution in [3.63, 3.8) is 0 Å². The van der Waals surface area contributed by atoms with Crippen LogP contribution in [0.2, 0.25) is 0 Å². The highest BCUT2D eigenvalue weighted by Crippen LogP contribution is 2.22.